The smallest absolute Gasteiger partial charge is 0.340 e. The molecule has 0 aromatic heterocycles. The lowest BCUT2D eigenvalue weighted by Gasteiger charge is -2.31. The summed E-state index contributed by atoms with van der Waals surface area (Å²) in [5, 5.41) is 2.77. The Morgan fingerprint density at radius 1 is 0.914 bits per heavy atom. The number of carbonyl (C=O) groups excluding carboxylic acids is 2. The average molecular weight is 507 g/mol. The van der Waals surface area contributed by atoms with Gasteiger partial charge in [0.15, 0.2) is 11.5 Å². The van der Waals surface area contributed by atoms with Gasteiger partial charge in [-0.3, -0.25) is 4.79 Å². The maximum atomic E-state index is 13.2. The van der Waals surface area contributed by atoms with Gasteiger partial charge in [-0.25, -0.2) is 13.2 Å². The fourth-order valence-electron chi connectivity index (χ4n) is 3.98. The molecule has 0 bridgehead atoms. The molecule has 2 aromatic carbocycles. The van der Waals surface area contributed by atoms with Crippen molar-refractivity contribution in [3.05, 3.63) is 41.5 Å². The van der Waals surface area contributed by atoms with Crippen LogP contribution in [-0.2, 0) is 19.6 Å². The number of rotatable bonds is 8. The van der Waals surface area contributed by atoms with E-state index in [0.717, 1.165) is 5.56 Å². The molecule has 1 aliphatic rings. The number of nitrogens with one attached hydrogen (secondary N) is 1. The molecule has 0 atom stereocenters. The molecule has 11 heteroatoms. The van der Waals surface area contributed by atoms with E-state index < -0.39 is 21.9 Å². The molecule has 35 heavy (non-hydrogen) atoms. The number of amides is 1. The molecular weight excluding hydrogens is 476 g/mol. The summed E-state index contributed by atoms with van der Waals surface area (Å²) in [4.78, 5) is 25.4. The van der Waals surface area contributed by atoms with E-state index in [2.05, 4.69) is 5.32 Å². The molecule has 1 N–H and O–H groups in total. The van der Waals surface area contributed by atoms with Crippen molar-refractivity contribution in [3.8, 4) is 17.2 Å². The SMILES string of the molecule is COC(=O)c1cc(OC)c(OC)cc1NC(=O)C1CCN(S(=O)(=O)c2cc(C)ccc2OC)CC1. The summed E-state index contributed by atoms with van der Waals surface area (Å²) in [6.07, 6.45) is 0.639. The second kappa shape index (κ2) is 11.0. The van der Waals surface area contributed by atoms with Crippen LogP contribution >= 0.6 is 0 Å². The number of sulfonamides is 1. The normalized spacial score (nSPS) is 14.8. The standard InChI is InChI=1S/C24H30N2O8S/c1-15-6-7-19(31-2)22(12-15)35(29,30)26-10-8-16(9-11-26)23(27)25-18-14-21(33-4)20(32-3)13-17(18)24(28)34-5/h6-7,12-14,16H,8-11H2,1-5H3,(H,25,27). The Morgan fingerprint density at radius 3 is 2.09 bits per heavy atom. The number of piperidine rings is 1. The van der Waals surface area contributed by atoms with Gasteiger partial charge in [0.2, 0.25) is 15.9 Å². The van der Waals surface area contributed by atoms with Gasteiger partial charge in [0, 0.05) is 31.1 Å². The van der Waals surface area contributed by atoms with Gasteiger partial charge in [0.25, 0.3) is 0 Å². The topological polar surface area (TPSA) is 120 Å². The van der Waals surface area contributed by atoms with Gasteiger partial charge < -0.3 is 24.3 Å². The van der Waals surface area contributed by atoms with Crippen molar-refractivity contribution in [2.75, 3.05) is 46.8 Å². The van der Waals surface area contributed by atoms with E-state index in [-0.39, 0.29) is 40.9 Å². The first-order valence-electron chi connectivity index (χ1n) is 11.0. The summed E-state index contributed by atoms with van der Waals surface area (Å²) in [7, 11) is 1.76. The zero-order valence-electron chi connectivity index (χ0n) is 20.4. The number of esters is 1. The summed E-state index contributed by atoms with van der Waals surface area (Å²) in [6, 6.07) is 7.92. The van der Waals surface area contributed by atoms with Gasteiger partial charge in [-0.1, -0.05) is 6.07 Å². The predicted molar refractivity (Wildman–Crippen MR) is 129 cm³/mol. The van der Waals surface area contributed by atoms with Gasteiger partial charge in [-0.2, -0.15) is 4.31 Å². The lowest BCUT2D eigenvalue weighted by atomic mass is 9.97. The molecule has 1 amide bonds. The van der Waals surface area contributed by atoms with Gasteiger partial charge in [-0.05, 0) is 37.5 Å². The summed E-state index contributed by atoms with van der Waals surface area (Å²) < 4.78 is 48.4. The third-order valence-electron chi connectivity index (χ3n) is 5.95. The fourth-order valence-corrected chi connectivity index (χ4v) is 5.69. The van der Waals surface area contributed by atoms with Crippen molar-refractivity contribution < 1.29 is 37.0 Å². The molecular formula is C24H30N2O8S. The third-order valence-corrected chi connectivity index (χ3v) is 7.87. The van der Waals surface area contributed by atoms with Crippen molar-refractivity contribution in [3.63, 3.8) is 0 Å². The van der Waals surface area contributed by atoms with Crippen LogP contribution in [0.15, 0.2) is 35.2 Å². The van der Waals surface area contributed by atoms with Crippen molar-refractivity contribution in [2.24, 2.45) is 5.92 Å². The highest BCUT2D eigenvalue weighted by atomic mass is 32.2. The van der Waals surface area contributed by atoms with Gasteiger partial charge in [0.1, 0.15) is 10.6 Å². The second-order valence-electron chi connectivity index (χ2n) is 8.07. The van der Waals surface area contributed by atoms with Gasteiger partial charge >= 0.3 is 5.97 Å². The molecule has 1 aliphatic heterocycles. The number of hydrogen-bond donors (Lipinski definition) is 1. The number of anilines is 1. The van der Waals surface area contributed by atoms with Crippen LogP contribution in [0.3, 0.4) is 0 Å². The number of benzene rings is 2. The molecule has 1 fully saturated rings. The minimum absolute atomic E-state index is 0.107. The van der Waals surface area contributed by atoms with Gasteiger partial charge in [-0.15, -0.1) is 0 Å². The summed E-state index contributed by atoms with van der Waals surface area (Å²) in [6.45, 7) is 2.16. The van der Waals surface area contributed by atoms with E-state index in [1.807, 2.05) is 6.92 Å². The van der Waals surface area contributed by atoms with Crippen LogP contribution in [0, 0.1) is 12.8 Å². The van der Waals surface area contributed by atoms with Crippen LogP contribution in [0.25, 0.3) is 0 Å². The molecule has 0 saturated carbocycles. The van der Waals surface area contributed by atoms with E-state index in [1.54, 1.807) is 18.2 Å². The number of ether oxygens (including phenoxy) is 4. The minimum atomic E-state index is -3.79. The van der Waals surface area contributed by atoms with E-state index in [4.69, 9.17) is 18.9 Å². The van der Waals surface area contributed by atoms with Crippen LogP contribution in [-0.4, -0.2) is 66.1 Å². The Hall–Kier alpha value is -3.31. The van der Waals surface area contributed by atoms with Crippen molar-refractivity contribution in [2.45, 2.75) is 24.7 Å². The zero-order chi connectivity index (χ0) is 25.8. The molecule has 2 aromatic rings. The predicted octanol–water partition coefficient (Wildman–Crippen LogP) is 2.85. The van der Waals surface area contributed by atoms with Crippen molar-refractivity contribution >= 4 is 27.6 Å². The highest BCUT2D eigenvalue weighted by molar-refractivity contribution is 7.89. The monoisotopic (exact) mass is 506 g/mol. The third kappa shape index (κ3) is 5.51. The van der Waals surface area contributed by atoms with Gasteiger partial charge in [0.05, 0.1) is 39.7 Å². The Morgan fingerprint density at radius 2 is 1.51 bits per heavy atom. The van der Waals surface area contributed by atoms with Crippen LogP contribution in [0.4, 0.5) is 5.69 Å². The number of hydrogen-bond acceptors (Lipinski definition) is 8. The maximum absolute atomic E-state index is 13.2. The Balaban J connectivity index is 1.76. The minimum Gasteiger partial charge on any atom is -0.495 e. The molecule has 10 nitrogen and oxygen atoms in total. The maximum Gasteiger partial charge on any atom is 0.340 e. The van der Waals surface area contributed by atoms with E-state index in [0.29, 0.717) is 24.3 Å². The van der Waals surface area contributed by atoms with E-state index >= 15 is 0 Å². The second-order valence-corrected chi connectivity index (χ2v) is 9.97. The summed E-state index contributed by atoms with van der Waals surface area (Å²) in [5.74, 6) is -0.486. The first-order valence-corrected chi connectivity index (χ1v) is 12.4. The number of nitrogens with zero attached hydrogens (tertiary/aromatic N) is 1. The Labute approximate surface area is 205 Å². The first kappa shape index (κ1) is 26.3. The molecule has 1 saturated heterocycles. The van der Waals surface area contributed by atoms with E-state index in [1.165, 1.54) is 44.9 Å². The molecule has 0 radical (unpaired) electrons. The van der Waals surface area contributed by atoms with E-state index in [9.17, 15) is 18.0 Å². The molecule has 1 heterocycles. The highest BCUT2D eigenvalue weighted by Crippen LogP contribution is 2.35. The largest absolute Gasteiger partial charge is 0.495 e. The fraction of sp³-hybridized carbons (Fsp3) is 0.417. The quantitative estimate of drug-likeness (QED) is 0.543. The Bertz CT molecular complexity index is 1200. The lowest BCUT2D eigenvalue weighted by molar-refractivity contribution is -0.120. The molecule has 0 spiro atoms. The molecule has 0 unspecified atom stereocenters. The van der Waals surface area contributed by atoms with Crippen LogP contribution in [0.2, 0.25) is 0 Å². The number of carbonyl (C=O) groups is 2. The Kier molecular flexibility index (Phi) is 8.23. The zero-order valence-corrected chi connectivity index (χ0v) is 21.2. The van der Waals surface area contributed by atoms with Crippen LogP contribution < -0.4 is 19.5 Å². The van der Waals surface area contributed by atoms with Crippen LogP contribution in [0.1, 0.15) is 28.8 Å². The van der Waals surface area contributed by atoms with Crippen molar-refractivity contribution in [1.82, 2.24) is 4.31 Å². The summed E-state index contributed by atoms with van der Waals surface area (Å²) >= 11 is 0. The highest BCUT2D eigenvalue weighted by Gasteiger charge is 2.34. The first-order chi connectivity index (χ1) is 16.7. The average Bonchev–Trinajstić information content (AvgIpc) is 2.87. The number of aryl methyl sites for hydroxylation is 1. The number of methoxy groups -OCH3 is 4. The molecule has 0 aliphatic carbocycles. The lowest BCUT2D eigenvalue weighted by Crippen LogP contribution is -2.41. The van der Waals surface area contributed by atoms with Crippen molar-refractivity contribution in [1.29, 1.82) is 0 Å². The molecule has 190 valence electrons. The molecule has 3 rings (SSSR count). The van der Waals surface area contributed by atoms with Crippen LogP contribution in [0.5, 0.6) is 17.2 Å². The summed E-state index contributed by atoms with van der Waals surface area (Å²) in [5.41, 5.74) is 1.14.